The molecule has 1 heterocycles. The van der Waals surface area contributed by atoms with E-state index in [2.05, 4.69) is 23.6 Å². The van der Waals surface area contributed by atoms with Gasteiger partial charge in [-0.3, -0.25) is 0 Å². The quantitative estimate of drug-likeness (QED) is 0.652. The largest absolute Gasteiger partial charge is 0.334 e. The minimum absolute atomic E-state index is 0.629. The maximum Gasteiger partial charge on any atom is 0.120 e. The molecule has 0 unspecified atom stereocenters. The van der Waals surface area contributed by atoms with Gasteiger partial charge in [-0.05, 0) is 31.4 Å². The number of hydrogen-bond donors (Lipinski definition) is 0. The third-order valence-electron chi connectivity index (χ3n) is 2.39. The lowest BCUT2D eigenvalue weighted by atomic mass is 10.3. The summed E-state index contributed by atoms with van der Waals surface area (Å²) >= 11 is 0. The molecule has 0 spiro atoms. The van der Waals surface area contributed by atoms with Crippen LogP contribution in [0, 0.1) is 11.3 Å². The molecule has 1 aromatic rings. The first-order valence-corrected chi connectivity index (χ1v) is 4.47. The summed E-state index contributed by atoms with van der Waals surface area (Å²) in [6, 6.07) is 6.86. The molecule has 2 rings (SSSR count). The van der Waals surface area contributed by atoms with Gasteiger partial charge in [0.05, 0.1) is 0 Å². The predicted molar refractivity (Wildman–Crippen MR) is 46.8 cm³/mol. The van der Waals surface area contributed by atoms with Gasteiger partial charge in [0.1, 0.15) is 11.8 Å². The van der Waals surface area contributed by atoms with Crippen molar-refractivity contribution < 1.29 is 0 Å². The average Bonchev–Trinajstić information content (AvgIpc) is 2.85. The Balaban J connectivity index is 2.44. The van der Waals surface area contributed by atoms with Crippen LogP contribution >= 0.6 is 0 Å². The van der Waals surface area contributed by atoms with Gasteiger partial charge in [0.2, 0.25) is 0 Å². The predicted octanol–water partition coefficient (Wildman–Crippen LogP) is 2.26. The van der Waals surface area contributed by atoms with Crippen molar-refractivity contribution in [2.45, 2.75) is 32.2 Å². The second kappa shape index (κ2) is 2.67. The van der Waals surface area contributed by atoms with Crippen LogP contribution in [0.4, 0.5) is 0 Å². The number of rotatable bonds is 2. The molecule has 2 heteroatoms. The molecule has 0 atom stereocenters. The molecule has 0 amide bonds. The Hall–Kier alpha value is -1.23. The van der Waals surface area contributed by atoms with Gasteiger partial charge in [0.25, 0.3) is 0 Å². The van der Waals surface area contributed by atoms with Crippen LogP contribution in [0.2, 0.25) is 0 Å². The highest BCUT2D eigenvalue weighted by molar-refractivity contribution is 5.29. The Morgan fingerprint density at radius 2 is 2.33 bits per heavy atom. The Morgan fingerprint density at radius 1 is 1.58 bits per heavy atom. The summed E-state index contributed by atoms with van der Waals surface area (Å²) in [5, 5.41) is 8.83. The number of nitrogens with zero attached hydrogens (tertiary/aromatic N) is 2. The van der Waals surface area contributed by atoms with Crippen LogP contribution in [0.15, 0.2) is 12.1 Å². The Kier molecular flexibility index (Phi) is 1.65. The van der Waals surface area contributed by atoms with Gasteiger partial charge in [-0.25, -0.2) is 0 Å². The smallest absolute Gasteiger partial charge is 0.120 e. The van der Waals surface area contributed by atoms with Crippen molar-refractivity contribution in [3.8, 4) is 6.07 Å². The number of aromatic nitrogens is 1. The van der Waals surface area contributed by atoms with E-state index in [-0.39, 0.29) is 0 Å². The Morgan fingerprint density at radius 3 is 2.83 bits per heavy atom. The van der Waals surface area contributed by atoms with Crippen molar-refractivity contribution in [1.29, 1.82) is 5.26 Å². The van der Waals surface area contributed by atoms with Crippen LogP contribution in [0.1, 0.15) is 37.2 Å². The average molecular weight is 160 g/mol. The van der Waals surface area contributed by atoms with E-state index in [0.717, 1.165) is 12.1 Å². The fourth-order valence-electron chi connectivity index (χ4n) is 1.63. The van der Waals surface area contributed by atoms with E-state index in [1.54, 1.807) is 0 Å². The molecule has 0 N–H and O–H groups in total. The zero-order chi connectivity index (χ0) is 8.55. The first kappa shape index (κ1) is 7.42. The Labute approximate surface area is 72.4 Å². The molecule has 12 heavy (non-hydrogen) atoms. The number of aryl methyl sites for hydroxylation is 1. The van der Waals surface area contributed by atoms with E-state index in [1.807, 2.05) is 6.07 Å². The molecule has 1 aliphatic carbocycles. The molecule has 1 aromatic heterocycles. The summed E-state index contributed by atoms with van der Waals surface area (Å²) in [5.41, 5.74) is 2.13. The molecule has 2 nitrogen and oxygen atoms in total. The molecule has 0 saturated heterocycles. The van der Waals surface area contributed by atoms with Crippen LogP contribution in [0.25, 0.3) is 0 Å². The summed E-state index contributed by atoms with van der Waals surface area (Å²) in [4.78, 5) is 0. The number of hydrogen-bond acceptors (Lipinski definition) is 1. The third-order valence-corrected chi connectivity index (χ3v) is 2.39. The van der Waals surface area contributed by atoms with E-state index < -0.39 is 0 Å². The summed E-state index contributed by atoms with van der Waals surface area (Å²) in [7, 11) is 0. The van der Waals surface area contributed by atoms with Gasteiger partial charge < -0.3 is 4.57 Å². The van der Waals surface area contributed by atoms with Crippen LogP contribution in [-0.4, -0.2) is 4.57 Å². The SMILES string of the molecule is CCc1ccc(C#N)n1C1CC1. The molecule has 1 saturated carbocycles. The molecule has 0 bridgehead atoms. The monoisotopic (exact) mass is 160 g/mol. The van der Waals surface area contributed by atoms with Gasteiger partial charge in [0.15, 0.2) is 0 Å². The zero-order valence-corrected chi connectivity index (χ0v) is 7.25. The lowest BCUT2D eigenvalue weighted by Crippen LogP contribution is -2.01. The van der Waals surface area contributed by atoms with Crippen LogP contribution < -0.4 is 0 Å². The molecule has 0 radical (unpaired) electrons. The summed E-state index contributed by atoms with van der Waals surface area (Å²) < 4.78 is 2.19. The van der Waals surface area contributed by atoms with Crippen molar-refractivity contribution in [3.63, 3.8) is 0 Å². The van der Waals surface area contributed by atoms with Crippen molar-refractivity contribution >= 4 is 0 Å². The number of nitriles is 1. The Bertz CT molecular complexity index is 326. The van der Waals surface area contributed by atoms with E-state index in [0.29, 0.717) is 6.04 Å². The van der Waals surface area contributed by atoms with Crippen LogP contribution in [-0.2, 0) is 6.42 Å². The van der Waals surface area contributed by atoms with Crippen molar-refractivity contribution in [3.05, 3.63) is 23.5 Å². The molecular formula is C10H12N2. The van der Waals surface area contributed by atoms with E-state index in [4.69, 9.17) is 5.26 Å². The molecule has 62 valence electrons. The van der Waals surface area contributed by atoms with Crippen LogP contribution in [0.3, 0.4) is 0 Å². The molecule has 1 aliphatic rings. The van der Waals surface area contributed by atoms with Crippen molar-refractivity contribution in [2.24, 2.45) is 0 Å². The maximum atomic E-state index is 8.83. The maximum absolute atomic E-state index is 8.83. The zero-order valence-electron chi connectivity index (χ0n) is 7.25. The molecule has 0 aliphatic heterocycles. The highest BCUT2D eigenvalue weighted by Crippen LogP contribution is 2.37. The highest BCUT2D eigenvalue weighted by Gasteiger charge is 2.26. The third kappa shape index (κ3) is 1.02. The molecule has 0 aromatic carbocycles. The normalized spacial score (nSPS) is 16.0. The van der Waals surface area contributed by atoms with Crippen LogP contribution in [0.5, 0.6) is 0 Å². The van der Waals surface area contributed by atoms with Gasteiger partial charge in [-0.2, -0.15) is 5.26 Å². The minimum Gasteiger partial charge on any atom is -0.334 e. The minimum atomic E-state index is 0.629. The summed E-state index contributed by atoms with van der Waals surface area (Å²) in [6.45, 7) is 2.13. The fourth-order valence-corrected chi connectivity index (χ4v) is 1.63. The fraction of sp³-hybridized carbons (Fsp3) is 0.500. The summed E-state index contributed by atoms with van der Waals surface area (Å²) in [6.07, 6.45) is 3.52. The van der Waals surface area contributed by atoms with Gasteiger partial charge in [-0.15, -0.1) is 0 Å². The van der Waals surface area contributed by atoms with Crippen molar-refractivity contribution in [2.75, 3.05) is 0 Å². The van der Waals surface area contributed by atoms with Gasteiger partial charge in [0, 0.05) is 11.7 Å². The topological polar surface area (TPSA) is 28.7 Å². The first-order chi connectivity index (χ1) is 5.86. The van der Waals surface area contributed by atoms with Crippen molar-refractivity contribution in [1.82, 2.24) is 4.57 Å². The lowest BCUT2D eigenvalue weighted by Gasteiger charge is -2.06. The lowest BCUT2D eigenvalue weighted by molar-refractivity contribution is 0.694. The van der Waals surface area contributed by atoms with E-state index in [9.17, 15) is 0 Å². The second-order valence-corrected chi connectivity index (χ2v) is 3.28. The molecular weight excluding hydrogens is 148 g/mol. The standard InChI is InChI=1S/C10H12N2/c1-2-8-3-6-10(7-11)12(8)9-4-5-9/h3,6,9H,2,4-5H2,1H3. The highest BCUT2D eigenvalue weighted by atomic mass is 15.1. The van der Waals surface area contributed by atoms with Gasteiger partial charge in [-0.1, -0.05) is 6.92 Å². The van der Waals surface area contributed by atoms with Gasteiger partial charge >= 0.3 is 0 Å². The first-order valence-electron chi connectivity index (χ1n) is 4.47. The summed E-state index contributed by atoms with van der Waals surface area (Å²) in [5.74, 6) is 0. The molecule has 1 fully saturated rings. The second-order valence-electron chi connectivity index (χ2n) is 3.28. The van der Waals surface area contributed by atoms with E-state index in [1.165, 1.54) is 18.5 Å². The van der Waals surface area contributed by atoms with E-state index >= 15 is 0 Å².